The Hall–Kier alpha value is -2.93. The molecule has 1 N–H and O–H groups in total. The van der Waals surface area contributed by atoms with Gasteiger partial charge in [0.1, 0.15) is 11.7 Å². The van der Waals surface area contributed by atoms with E-state index in [0.29, 0.717) is 18.7 Å². The molecule has 7 heteroatoms. The van der Waals surface area contributed by atoms with E-state index in [2.05, 4.69) is 30.8 Å². The van der Waals surface area contributed by atoms with E-state index in [1.807, 2.05) is 54.7 Å². The van der Waals surface area contributed by atoms with Gasteiger partial charge in [-0.3, -0.25) is 9.59 Å². The number of hydrogen-bond donors (Lipinski definition) is 1. The second-order valence-corrected chi connectivity index (χ2v) is 8.89. The van der Waals surface area contributed by atoms with Gasteiger partial charge in [0, 0.05) is 40.7 Å². The van der Waals surface area contributed by atoms with Gasteiger partial charge in [0.05, 0.1) is 5.69 Å². The van der Waals surface area contributed by atoms with E-state index < -0.39 is 5.92 Å². The summed E-state index contributed by atoms with van der Waals surface area (Å²) < 4.78 is 3.13. The first-order valence-electron chi connectivity index (χ1n) is 10.6. The van der Waals surface area contributed by atoms with Crippen molar-refractivity contribution < 1.29 is 9.59 Å². The fourth-order valence-electron chi connectivity index (χ4n) is 4.43. The molecule has 2 amide bonds. The van der Waals surface area contributed by atoms with Gasteiger partial charge in [-0.1, -0.05) is 12.1 Å². The van der Waals surface area contributed by atoms with Crippen molar-refractivity contribution in [3.63, 3.8) is 0 Å². The Kier molecular flexibility index (Phi) is 5.36. The van der Waals surface area contributed by atoms with Crippen molar-refractivity contribution in [2.24, 2.45) is 5.92 Å². The van der Waals surface area contributed by atoms with Gasteiger partial charge in [0.2, 0.25) is 11.8 Å². The molecular weight excluding hydrogens is 456 g/mol. The third-order valence-electron chi connectivity index (χ3n) is 6.08. The van der Waals surface area contributed by atoms with E-state index in [4.69, 9.17) is 0 Å². The summed E-state index contributed by atoms with van der Waals surface area (Å²) in [5.41, 5.74) is 3.80. The minimum atomic E-state index is -0.675. The number of carbonyl (C=O) groups is 2. The van der Waals surface area contributed by atoms with Crippen LogP contribution in [0, 0.1) is 5.92 Å². The maximum atomic E-state index is 12.9. The van der Waals surface area contributed by atoms with Crippen molar-refractivity contribution in [3.8, 4) is 11.4 Å². The number of aryl methyl sites for hydroxylation is 1. The molecule has 2 aliphatic heterocycles. The first kappa shape index (κ1) is 20.0. The van der Waals surface area contributed by atoms with Crippen LogP contribution in [-0.2, 0) is 22.6 Å². The van der Waals surface area contributed by atoms with Crippen LogP contribution in [0.3, 0.4) is 0 Å². The molecule has 1 unspecified atom stereocenters. The van der Waals surface area contributed by atoms with E-state index in [-0.39, 0.29) is 11.8 Å². The lowest BCUT2D eigenvalue weighted by atomic mass is 10.1. The number of rotatable bonds is 4. The molecule has 1 aromatic heterocycles. The van der Waals surface area contributed by atoms with Crippen LogP contribution >= 0.6 is 15.9 Å². The van der Waals surface area contributed by atoms with E-state index >= 15 is 0 Å². The Bertz CT molecular complexity index is 1140. The lowest BCUT2D eigenvalue weighted by Gasteiger charge is -2.18. The number of imidazole rings is 1. The highest BCUT2D eigenvalue weighted by Crippen LogP contribution is 2.32. The number of halogens is 1. The van der Waals surface area contributed by atoms with Gasteiger partial charge in [-0.2, -0.15) is 0 Å². The fourth-order valence-corrected chi connectivity index (χ4v) is 4.93. The molecule has 2 aliphatic rings. The summed E-state index contributed by atoms with van der Waals surface area (Å²) in [7, 11) is 0. The number of para-hydroxylation sites is 1. The smallest absolute Gasteiger partial charge is 0.239 e. The Morgan fingerprint density at radius 1 is 1.06 bits per heavy atom. The standard InChI is InChI=1S/C24H23BrN4O2/c25-20-6-1-2-7-21(20)29-14-12-19(24(29)31)23(30)27-17-10-8-16(9-11-17)22-26-15-18-5-3-4-13-28(18)22/h1-2,6-11,15,19H,3-5,12-14H2,(H,27,30). The summed E-state index contributed by atoms with van der Waals surface area (Å²) in [6.07, 6.45) is 5.94. The van der Waals surface area contributed by atoms with Crippen LogP contribution < -0.4 is 10.2 Å². The highest BCUT2D eigenvalue weighted by Gasteiger charge is 2.38. The third kappa shape index (κ3) is 3.78. The molecule has 2 aromatic carbocycles. The molecule has 0 radical (unpaired) electrons. The second-order valence-electron chi connectivity index (χ2n) is 8.03. The largest absolute Gasteiger partial charge is 0.328 e. The number of aromatic nitrogens is 2. The number of anilines is 2. The number of hydrogen-bond acceptors (Lipinski definition) is 3. The highest BCUT2D eigenvalue weighted by atomic mass is 79.9. The second kappa shape index (κ2) is 8.30. The van der Waals surface area contributed by atoms with Crippen LogP contribution in [0.5, 0.6) is 0 Å². The van der Waals surface area contributed by atoms with E-state index in [0.717, 1.165) is 34.5 Å². The Balaban J connectivity index is 1.27. The zero-order valence-corrected chi connectivity index (χ0v) is 18.6. The van der Waals surface area contributed by atoms with Gasteiger partial charge in [-0.15, -0.1) is 0 Å². The Morgan fingerprint density at radius 3 is 2.68 bits per heavy atom. The van der Waals surface area contributed by atoms with Crippen molar-refractivity contribution in [3.05, 3.63) is 64.9 Å². The number of nitrogens with zero attached hydrogens (tertiary/aromatic N) is 3. The van der Waals surface area contributed by atoms with Crippen LogP contribution in [0.4, 0.5) is 11.4 Å². The van der Waals surface area contributed by atoms with E-state index in [9.17, 15) is 9.59 Å². The summed E-state index contributed by atoms with van der Waals surface area (Å²) in [6.45, 7) is 1.53. The van der Waals surface area contributed by atoms with Gasteiger partial charge in [-0.25, -0.2) is 4.98 Å². The number of nitrogens with one attached hydrogen (secondary N) is 1. The van der Waals surface area contributed by atoms with Crippen LogP contribution in [0.15, 0.2) is 59.2 Å². The predicted octanol–water partition coefficient (Wildman–Crippen LogP) is 4.64. The van der Waals surface area contributed by atoms with Gasteiger partial charge >= 0.3 is 0 Å². The van der Waals surface area contributed by atoms with Crippen LogP contribution in [0.2, 0.25) is 0 Å². The number of benzene rings is 2. The summed E-state index contributed by atoms with van der Waals surface area (Å²) in [5, 5.41) is 2.91. The number of fused-ring (bicyclic) bond motifs is 1. The molecule has 0 aliphatic carbocycles. The van der Waals surface area contributed by atoms with Crippen molar-refractivity contribution in [2.75, 3.05) is 16.8 Å². The normalized spacial score (nSPS) is 18.2. The SMILES string of the molecule is O=C(Nc1ccc(-c2ncc3n2CCCC3)cc1)C1CCN(c2ccccc2Br)C1=O. The molecule has 1 saturated heterocycles. The molecule has 3 heterocycles. The lowest BCUT2D eigenvalue weighted by Crippen LogP contribution is -2.33. The van der Waals surface area contributed by atoms with Crippen molar-refractivity contribution >= 4 is 39.1 Å². The van der Waals surface area contributed by atoms with Crippen molar-refractivity contribution in [1.82, 2.24) is 9.55 Å². The summed E-state index contributed by atoms with van der Waals surface area (Å²) in [4.78, 5) is 32.0. The maximum absolute atomic E-state index is 12.9. The van der Waals surface area contributed by atoms with Gasteiger partial charge < -0.3 is 14.8 Å². The quantitative estimate of drug-likeness (QED) is 0.555. The monoisotopic (exact) mass is 478 g/mol. The summed E-state index contributed by atoms with van der Waals surface area (Å²) >= 11 is 3.49. The Morgan fingerprint density at radius 2 is 1.87 bits per heavy atom. The molecule has 0 spiro atoms. The summed E-state index contributed by atoms with van der Waals surface area (Å²) in [5.74, 6) is -0.121. The van der Waals surface area contributed by atoms with Crippen molar-refractivity contribution in [1.29, 1.82) is 0 Å². The molecule has 158 valence electrons. The zero-order valence-electron chi connectivity index (χ0n) is 17.1. The van der Waals surface area contributed by atoms with Crippen LogP contribution in [0.1, 0.15) is 25.0 Å². The van der Waals surface area contributed by atoms with Gasteiger partial charge in [-0.05, 0) is 78.0 Å². The van der Waals surface area contributed by atoms with E-state index in [1.54, 1.807) is 4.90 Å². The van der Waals surface area contributed by atoms with E-state index in [1.165, 1.54) is 18.5 Å². The summed E-state index contributed by atoms with van der Waals surface area (Å²) in [6, 6.07) is 15.3. The molecular formula is C24H23BrN4O2. The predicted molar refractivity (Wildman–Crippen MR) is 124 cm³/mol. The number of carbonyl (C=O) groups excluding carboxylic acids is 2. The number of amides is 2. The molecule has 5 rings (SSSR count). The first-order valence-corrected chi connectivity index (χ1v) is 11.4. The van der Waals surface area contributed by atoms with Gasteiger partial charge in [0.25, 0.3) is 0 Å². The Labute approximate surface area is 189 Å². The van der Waals surface area contributed by atoms with Crippen molar-refractivity contribution in [2.45, 2.75) is 32.2 Å². The zero-order chi connectivity index (χ0) is 21.4. The first-order chi connectivity index (χ1) is 15.1. The average molecular weight is 479 g/mol. The highest BCUT2D eigenvalue weighted by molar-refractivity contribution is 9.10. The third-order valence-corrected chi connectivity index (χ3v) is 6.75. The fraction of sp³-hybridized carbons (Fsp3) is 0.292. The lowest BCUT2D eigenvalue weighted by molar-refractivity contribution is -0.129. The topological polar surface area (TPSA) is 67.2 Å². The molecule has 1 fully saturated rings. The van der Waals surface area contributed by atoms with Gasteiger partial charge in [0.15, 0.2) is 0 Å². The van der Waals surface area contributed by atoms with Crippen LogP contribution in [-0.4, -0.2) is 27.9 Å². The molecule has 31 heavy (non-hydrogen) atoms. The minimum absolute atomic E-state index is 0.162. The molecule has 3 aromatic rings. The van der Waals surface area contributed by atoms with Crippen LogP contribution in [0.25, 0.3) is 11.4 Å². The average Bonchev–Trinajstić information content (AvgIpc) is 3.38. The molecule has 0 saturated carbocycles. The molecule has 0 bridgehead atoms. The molecule has 1 atom stereocenters. The minimum Gasteiger partial charge on any atom is -0.328 e. The molecule has 6 nitrogen and oxygen atoms in total. The maximum Gasteiger partial charge on any atom is 0.239 e.